The Labute approximate surface area is 123 Å². The second-order valence-electron chi connectivity index (χ2n) is 4.71. The predicted molar refractivity (Wildman–Crippen MR) is 75.2 cm³/mol. The van der Waals surface area contributed by atoms with E-state index in [9.17, 15) is 18.0 Å². The number of nitrogens with zero attached hydrogens (tertiary/aromatic N) is 1. The average Bonchev–Trinajstić information content (AvgIpc) is 2.77. The van der Waals surface area contributed by atoms with Crippen LogP contribution in [-0.4, -0.2) is 36.5 Å². The van der Waals surface area contributed by atoms with Crippen molar-refractivity contribution in [2.45, 2.75) is 24.7 Å². The molecule has 118 valence electrons. The molecule has 1 heterocycles. The van der Waals surface area contributed by atoms with Gasteiger partial charge >= 0.3 is 5.97 Å². The topological polar surface area (TPSA) is 131 Å². The van der Waals surface area contributed by atoms with Crippen molar-refractivity contribution in [3.05, 3.63) is 18.0 Å². The van der Waals surface area contributed by atoms with Crippen LogP contribution in [-0.2, 0) is 21.9 Å². The Morgan fingerprint density at radius 3 is 2.52 bits per heavy atom. The number of carboxylic acids is 1. The third kappa shape index (κ3) is 4.30. The highest BCUT2D eigenvalue weighted by Crippen LogP contribution is 2.14. The summed E-state index contributed by atoms with van der Waals surface area (Å²) in [5.74, 6) is -2.58. The van der Waals surface area contributed by atoms with E-state index < -0.39 is 27.8 Å². The highest BCUT2D eigenvalue weighted by Gasteiger charge is 2.23. The summed E-state index contributed by atoms with van der Waals surface area (Å²) in [4.78, 5) is 22.0. The van der Waals surface area contributed by atoms with Crippen molar-refractivity contribution < 1.29 is 23.1 Å². The summed E-state index contributed by atoms with van der Waals surface area (Å²) in [6.07, 6.45) is 2.26. The normalized spacial score (nSPS) is 13.0. The molecule has 9 heteroatoms. The van der Waals surface area contributed by atoms with Gasteiger partial charge in [0.2, 0.25) is 10.0 Å². The van der Waals surface area contributed by atoms with Crippen molar-refractivity contribution in [2.75, 3.05) is 6.54 Å². The fourth-order valence-corrected chi connectivity index (χ4v) is 3.03. The molecule has 0 aliphatic rings. The maximum Gasteiger partial charge on any atom is 0.307 e. The van der Waals surface area contributed by atoms with Crippen LogP contribution in [0.15, 0.2) is 17.2 Å². The highest BCUT2D eigenvalue weighted by molar-refractivity contribution is 7.89. The molecule has 0 aliphatic heterocycles. The number of hydrogen-bond acceptors (Lipinski definition) is 4. The Morgan fingerprint density at radius 2 is 2.10 bits per heavy atom. The van der Waals surface area contributed by atoms with Crippen LogP contribution < -0.4 is 10.5 Å². The maximum absolute atomic E-state index is 12.1. The number of carbonyl (C=O) groups excluding carboxylic acids is 1. The molecule has 0 saturated heterocycles. The van der Waals surface area contributed by atoms with Gasteiger partial charge in [0.15, 0.2) is 0 Å². The molecular weight excluding hydrogens is 298 g/mol. The van der Waals surface area contributed by atoms with Crippen LogP contribution >= 0.6 is 0 Å². The van der Waals surface area contributed by atoms with Gasteiger partial charge in [-0.1, -0.05) is 13.3 Å². The summed E-state index contributed by atoms with van der Waals surface area (Å²) < 4.78 is 27.7. The number of rotatable bonds is 8. The van der Waals surface area contributed by atoms with Crippen molar-refractivity contribution in [1.29, 1.82) is 0 Å². The third-order valence-electron chi connectivity index (χ3n) is 3.05. The number of carboxylic acid groups (broad SMARTS) is 1. The number of nitrogens with one attached hydrogen (secondary N) is 1. The fraction of sp³-hybridized carbons (Fsp3) is 0.500. The van der Waals surface area contributed by atoms with E-state index >= 15 is 0 Å². The quantitative estimate of drug-likeness (QED) is 0.616. The van der Waals surface area contributed by atoms with E-state index in [1.54, 1.807) is 0 Å². The largest absolute Gasteiger partial charge is 0.481 e. The van der Waals surface area contributed by atoms with Gasteiger partial charge in [0.1, 0.15) is 10.6 Å². The Bertz CT molecular complexity index is 635. The summed E-state index contributed by atoms with van der Waals surface area (Å²) in [5, 5.41) is 8.99. The van der Waals surface area contributed by atoms with Gasteiger partial charge < -0.3 is 15.4 Å². The van der Waals surface area contributed by atoms with Gasteiger partial charge in [-0.25, -0.2) is 13.1 Å². The van der Waals surface area contributed by atoms with Crippen LogP contribution in [0.5, 0.6) is 0 Å². The number of sulfonamides is 1. The lowest BCUT2D eigenvalue weighted by Crippen LogP contribution is -2.32. The zero-order chi connectivity index (χ0) is 16.2. The molecular formula is C12H19N3O5S. The lowest BCUT2D eigenvalue weighted by atomic mass is 10.1. The van der Waals surface area contributed by atoms with Gasteiger partial charge in [-0.3, -0.25) is 9.59 Å². The molecule has 1 aromatic rings. The van der Waals surface area contributed by atoms with E-state index in [-0.39, 0.29) is 17.1 Å². The number of aryl methyl sites for hydroxylation is 1. The van der Waals surface area contributed by atoms with E-state index in [1.807, 2.05) is 6.92 Å². The number of aliphatic carboxylic acids is 1. The summed E-state index contributed by atoms with van der Waals surface area (Å²) in [6.45, 7) is 1.62. The number of nitrogens with two attached hydrogens (primary N) is 1. The van der Waals surface area contributed by atoms with Crippen LogP contribution in [0.4, 0.5) is 0 Å². The highest BCUT2D eigenvalue weighted by atomic mass is 32.2. The maximum atomic E-state index is 12.1. The van der Waals surface area contributed by atoms with Gasteiger partial charge in [-0.05, 0) is 12.5 Å². The molecule has 0 bridgehead atoms. The molecule has 1 rings (SSSR count). The Kier molecular flexibility index (Phi) is 5.50. The minimum absolute atomic E-state index is 0.0544. The molecule has 0 saturated carbocycles. The number of amides is 1. The summed E-state index contributed by atoms with van der Waals surface area (Å²) in [5.41, 5.74) is 5.17. The minimum Gasteiger partial charge on any atom is -0.481 e. The first kappa shape index (κ1) is 17.2. The third-order valence-corrected chi connectivity index (χ3v) is 4.44. The first-order valence-electron chi connectivity index (χ1n) is 6.37. The zero-order valence-corrected chi connectivity index (χ0v) is 12.7. The van der Waals surface area contributed by atoms with Crippen molar-refractivity contribution in [3.63, 3.8) is 0 Å². The summed E-state index contributed by atoms with van der Waals surface area (Å²) in [6, 6.07) is 1.15. The minimum atomic E-state index is -3.88. The van der Waals surface area contributed by atoms with E-state index in [1.165, 1.54) is 17.8 Å². The average molecular weight is 317 g/mol. The van der Waals surface area contributed by atoms with E-state index in [0.29, 0.717) is 12.8 Å². The smallest absolute Gasteiger partial charge is 0.307 e. The van der Waals surface area contributed by atoms with E-state index in [4.69, 9.17) is 10.8 Å². The molecule has 1 unspecified atom stereocenters. The second kappa shape index (κ2) is 6.72. The van der Waals surface area contributed by atoms with Crippen molar-refractivity contribution in [1.82, 2.24) is 9.29 Å². The molecule has 1 amide bonds. The van der Waals surface area contributed by atoms with Crippen LogP contribution in [0.2, 0.25) is 0 Å². The van der Waals surface area contributed by atoms with Gasteiger partial charge in [0.05, 0.1) is 5.92 Å². The first-order valence-corrected chi connectivity index (χ1v) is 7.86. The number of hydrogen-bond donors (Lipinski definition) is 3. The zero-order valence-electron chi connectivity index (χ0n) is 11.9. The van der Waals surface area contributed by atoms with Gasteiger partial charge in [-0.2, -0.15) is 0 Å². The monoisotopic (exact) mass is 317 g/mol. The SMILES string of the molecule is CCCC(CNS(=O)(=O)c1cc(C(N)=O)n(C)c1)C(=O)O. The van der Waals surface area contributed by atoms with E-state index in [0.717, 1.165) is 6.07 Å². The predicted octanol–water partition coefficient (Wildman–Crippen LogP) is -0.0968. The number of carbonyl (C=O) groups is 2. The lowest BCUT2D eigenvalue weighted by Gasteiger charge is -2.12. The summed E-state index contributed by atoms with van der Waals surface area (Å²) in [7, 11) is -2.39. The van der Waals surface area contributed by atoms with Crippen LogP contribution in [0, 0.1) is 5.92 Å². The standard InChI is InChI=1S/C12H19N3O5S/c1-3-4-8(12(17)18)6-14-21(19,20)9-5-10(11(13)16)15(2)7-9/h5,7-8,14H,3-4,6H2,1-2H3,(H2,13,16)(H,17,18). The molecule has 1 atom stereocenters. The van der Waals surface area contributed by atoms with Crippen LogP contribution in [0.1, 0.15) is 30.3 Å². The van der Waals surface area contributed by atoms with Crippen LogP contribution in [0.3, 0.4) is 0 Å². The number of aromatic nitrogens is 1. The van der Waals surface area contributed by atoms with E-state index in [2.05, 4.69) is 4.72 Å². The van der Waals surface area contributed by atoms with Crippen molar-refractivity contribution >= 4 is 21.9 Å². The molecule has 4 N–H and O–H groups in total. The number of primary amides is 1. The Morgan fingerprint density at radius 1 is 1.48 bits per heavy atom. The molecule has 0 aromatic carbocycles. The Hall–Kier alpha value is -1.87. The molecule has 21 heavy (non-hydrogen) atoms. The summed E-state index contributed by atoms with van der Waals surface area (Å²) >= 11 is 0. The molecule has 0 fully saturated rings. The van der Waals surface area contributed by atoms with Crippen molar-refractivity contribution in [2.24, 2.45) is 18.7 Å². The molecule has 8 nitrogen and oxygen atoms in total. The first-order chi connectivity index (χ1) is 9.69. The van der Waals surface area contributed by atoms with Gasteiger partial charge in [0, 0.05) is 19.8 Å². The van der Waals surface area contributed by atoms with Gasteiger partial charge in [-0.15, -0.1) is 0 Å². The molecule has 1 aromatic heterocycles. The van der Waals surface area contributed by atoms with Crippen LogP contribution in [0.25, 0.3) is 0 Å². The Balaban J connectivity index is 2.89. The second-order valence-corrected chi connectivity index (χ2v) is 6.48. The molecule has 0 spiro atoms. The lowest BCUT2D eigenvalue weighted by molar-refractivity contribution is -0.141. The van der Waals surface area contributed by atoms with Gasteiger partial charge in [0.25, 0.3) is 5.91 Å². The molecule has 0 aliphatic carbocycles. The fourth-order valence-electron chi connectivity index (χ4n) is 1.88. The van der Waals surface area contributed by atoms with Crippen molar-refractivity contribution in [3.8, 4) is 0 Å². The molecule has 0 radical (unpaired) electrons.